The van der Waals surface area contributed by atoms with Gasteiger partial charge in [0, 0.05) is 49.4 Å². The molecular formula is C51H31N3O2. The zero-order valence-electron chi connectivity index (χ0n) is 30.1. The summed E-state index contributed by atoms with van der Waals surface area (Å²) in [7, 11) is 0. The molecule has 11 rings (SSSR count). The number of hydrogen-bond donors (Lipinski definition) is 0. The van der Waals surface area contributed by atoms with E-state index in [1.165, 1.54) is 5.56 Å². The van der Waals surface area contributed by atoms with Gasteiger partial charge in [-0.3, -0.25) is 0 Å². The number of rotatable bonds is 6. The topological polar surface area (TPSA) is 65.0 Å². The van der Waals surface area contributed by atoms with Crippen LogP contribution >= 0.6 is 0 Å². The first-order valence-electron chi connectivity index (χ1n) is 18.7. The Hall–Kier alpha value is -7.63. The average Bonchev–Trinajstić information content (AvgIpc) is 3.86. The number of aromatic nitrogens is 3. The van der Waals surface area contributed by atoms with Crippen LogP contribution in [0.4, 0.5) is 0 Å². The van der Waals surface area contributed by atoms with Gasteiger partial charge in [-0.25, -0.2) is 15.0 Å². The van der Waals surface area contributed by atoms with Gasteiger partial charge in [-0.2, -0.15) is 0 Å². The fraction of sp³-hybridized carbons (Fsp3) is 0. The lowest BCUT2D eigenvalue weighted by Crippen LogP contribution is -2.00. The van der Waals surface area contributed by atoms with Crippen LogP contribution in [-0.2, 0) is 0 Å². The van der Waals surface area contributed by atoms with Gasteiger partial charge in [0.25, 0.3) is 0 Å². The van der Waals surface area contributed by atoms with Crippen LogP contribution in [-0.4, -0.2) is 15.0 Å². The van der Waals surface area contributed by atoms with Crippen molar-refractivity contribution in [2.24, 2.45) is 0 Å². The van der Waals surface area contributed by atoms with Gasteiger partial charge < -0.3 is 8.83 Å². The van der Waals surface area contributed by atoms with E-state index < -0.39 is 0 Å². The quantitative estimate of drug-likeness (QED) is 0.171. The van der Waals surface area contributed by atoms with Crippen LogP contribution in [0.15, 0.2) is 197 Å². The van der Waals surface area contributed by atoms with Gasteiger partial charge in [-0.05, 0) is 46.5 Å². The number of para-hydroxylation sites is 2. The number of hydrogen-bond acceptors (Lipinski definition) is 5. The molecule has 0 N–H and O–H groups in total. The van der Waals surface area contributed by atoms with Crippen LogP contribution in [0.25, 0.3) is 111 Å². The van der Waals surface area contributed by atoms with E-state index in [1.54, 1.807) is 0 Å². The number of nitrogens with zero attached hydrogens (tertiary/aromatic N) is 3. The molecule has 0 atom stereocenters. The molecule has 0 fully saturated rings. The van der Waals surface area contributed by atoms with Crippen LogP contribution in [0, 0.1) is 0 Å². The Bertz CT molecular complexity index is 3180. The van der Waals surface area contributed by atoms with E-state index in [0.717, 1.165) is 88.4 Å². The number of furan rings is 2. The summed E-state index contributed by atoms with van der Waals surface area (Å²) in [4.78, 5) is 15.1. The summed E-state index contributed by atoms with van der Waals surface area (Å²) in [6.07, 6.45) is 0. The molecule has 262 valence electrons. The highest BCUT2D eigenvalue weighted by molar-refractivity contribution is 6.21. The smallest absolute Gasteiger partial charge is 0.164 e. The molecule has 0 unspecified atom stereocenters. The SMILES string of the molecule is c1ccc(-c2cccc(-c3ccc(-c4cccc5c4oc4cccc(-c6nc(-c7ccccc7)nc(-c7ccccc7)n6)c45)c4c3oc3ccccc34)c2)cc1. The zero-order valence-corrected chi connectivity index (χ0v) is 30.1. The molecule has 11 aromatic rings. The van der Waals surface area contributed by atoms with E-state index >= 15 is 0 Å². The molecule has 0 aliphatic heterocycles. The van der Waals surface area contributed by atoms with Crippen molar-refractivity contribution >= 4 is 43.9 Å². The molecule has 0 spiro atoms. The van der Waals surface area contributed by atoms with Crippen molar-refractivity contribution in [3.8, 4) is 67.5 Å². The Morgan fingerprint density at radius 3 is 1.55 bits per heavy atom. The summed E-state index contributed by atoms with van der Waals surface area (Å²) in [5, 5.41) is 4.04. The second kappa shape index (κ2) is 13.0. The van der Waals surface area contributed by atoms with Crippen molar-refractivity contribution in [1.82, 2.24) is 15.0 Å². The van der Waals surface area contributed by atoms with Crippen molar-refractivity contribution in [3.05, 3.63) is 188 Å². The molecular weight excluding hydrogens is 687 g/mol. The van der Waals surface area contributed by atoms with Crippen molar-refractivity contribution in [1.29, 1.82) is 0 Å². The van der Waals surface area contributed by atoms with Crippen molar-refractivity contribution < 1.29 is 8.83 Å². The third-order valence-corrected chi connectivity index (χ3v) is 10.6. The van der Waals surface area contributed by atoms with Gasteiger partial charge in [0.05, 0.1) is 0 Å². The summed E-state index contributed by atoms with van der Waals surface area (Å²) in [6, 6.07) is 64.4. The molecule has 0 saturated carbocycles. The molecule has 0 aliphatic rings. The molecule has 0 bridgehead atoms. The van der Waals surface area contributed by atoms with Crippen LogP contribution < -0.4 is 0 Å². The average molecular weight is 718 g/mol. The minimum atomic E-state index is 0.585. The predicted molar refractivity (Wildman–Crippen MR) is 227 cm³/mol. The lowest BCUT2D eigenvalue weighted by atomic mass is 9.92. The monoisotopic (exact) mass is 717 g/mol. The summed E-state index contributed by atoms with van der Waals surface area (Å²) >= 11 is 0. The largest absolute Gasteiger partial charge is 0.455 e. The van der Waals surface area contributed by atoms with Gasteiger partial charge >= 0.3 is 0 Å². The van der Waals surface area contributed by atoms with Gasteiger partial charge in [0.2, 0.25) is 0 Å². The maximum atomic E-state index is 6.85. The Labute approximate surface area is 322 Å². The first-order chi connectivity index (χ1) is 27.8. The Balaban J connectivity index is 1.12. The highest BCUT2D eigenvalue weighted by Crippen LogP contribution is 2.46. The van der Waals surface area contributed by atoms with E-state index in [1.807, 2.05) is 91.0 Å². The first-order valence-corrected chi connectivity index (χ1v) is 18.7. The van der Waals surface area contributed by atoms with Crippen LogP contribution in [0.2, 0.25) is 0 Å². The lowest BCUT2D eigenvalue weighted by Gasteiger charge is -2.10. The second-order valence-electron chi connectivity index (χ2n) is 13.9. The second-order valence-corrected chi connectivity index (χ2v) is 13.9. The minimum Gasteiger partial charge on any atom is -0.455 e. The van der Waals surface area contributed by atoms with Gasteiger partial charge in [0.15, 0.2) is 17.5 Å². The highest BCUT2D eigenvalue weighted by Gasteiger charge is 2.23. The predicted octanol–water partition coefficient (Wildman–Crippen LogP) is 13.7. The summed E-state index contributed by atoms with van der Waals surface area (Å²) < 4.78 is 13.6. The molecule has 0 aliphatic carbocycles. The fourth-order valence-corrected chi connectivity index (χ4v) is 7.95. The molecule has 0 saturated heterocycles. The normalized spacial score (nSPS) is 11.6. The summed E-state index contributed by atoms with van der Waals surface area (Å²) in [5.74, 6) is 1.81. The number of benzene rings is 8. The Morgan fingerprint density at radius 1 is 0.286 bits per heavy atom. The standard InChI is InChI=1S/C51H31N3O2/c1-4-15-32(16-5-1)35-21-12-22-36(31-35)37-29-30-38(46-40-23-10-11-27-43(40)55-48(37)46)39-24-13-25-41-45-42(26-14-28-44(45)56-47(39)41)51-53-49(33-17-6-2-7-18-33)52-50(54-51)34-19-8-3-9-20-34/h1-31H. The minimum absolute atomic E-state index is 0.585. The Kier molecular flexibility index (Phi) is 7.42. The third-order valence-electron chi connectivity index (χ3n) is 10.6. The van der Waals surface area contributed by atoms with Gasteiger partial charge in [0.1, 0.15) is 22.3 Å². The molecule has 5 nitrogen and oxygen atoms in total. The molecule has 5 heteroatoms. The van der Waals surface area contributed by atoms with Crippen molar-refractivity contribution in [2.75, 3.05) is 0 Å². The van der Waals surface area contributed by atoms with E-state index in [9.17, 15) is 0 Å². The molecule has 0 radical (unpaired) electrons. The molecule has 0 amide bonds. The van der Waals surface area contributed by atoms with Crippen LogP contribution in [0.3, 0.4) is 0 Å². The van der Waals surface area contributed by atoms with Crippen LogP contribution in [0.1, 0.15) is 0 Å². The maximum absolute atomic E-state index is 6.85. The number of fused-ring (bicyclic) bond motifs is 6. The summed E-state index contributed by atoms with van der Waals surface area (Å²) in [6.45, 7) is 0. The first kappa shape index (κ1) is 31.9. The van der Waals surface area contributed by atoms with Crippen molar-refractivity contribution in [2.45, 2.75) is 0 Å². The summed E-state index contributed by atoms with van der Waals surface area (Å²) in [5.41, 5.74) is 12.4. The molecule has 8 aromatic carbocycles. The molecule has 3 aromatic heterocycles. The fourth-order valence-electron chi connectivity index (χ4n) is 7.95. The van der Waals surface area contributed by atoms with Gasteiger partial charge in [-0.1, -0.05) is 164 Å². The maximum Gasteiger partial charge on any atom is 0.164 e. The molecule has 3 heterocycles. The van der Waals surface area contributed by atoms with E-state index in [0.29, 0.717) is 17.5 Å². The van der Waals surface area contributed by atoms with Crippen LogP contribution in [0.5, 0.6) is 0 Å². The van der Waals surface area contributed by atoms with E-state index in [-0.39, 0.29) is 0 Å². The lowest BCUT2D eigenvalue weighted by molar-refractivity contribution is 0.669. The van der Waals surface area contributed by atoms with E-state index in [4.69, 9.17) is 23.8 Å². The zero-order chi connectivity index (χ0) is 37.0. The Morgan fingerprint density at radius 2 is 0.804 bits per heavy atom. The van der Waals surface area contributed by atoms with Gasteiger partial charge in [-0.15, -0.1) is 0 Å². The highest BCUT2D eigenvalue weighted by atomic mass is 16.3. The van der Waals surface area contributed by atoms with Crippen molar-refractivity contribution in [3.63, 3.8) is 0 Å². The van der Waals surface area contributed by atoms with E-state index in [2.05, 4.69) is 97.1 Å². The third kappa shape index (κ3) is 5.29. The molecule has 56 heavy (non-hydrogen) atoms.